The summed E-state index contributed by atoms with van der Waals surface area (Å²) in [6.45, 7) is 8.59. The van der Waals surface area contributed by atoms with E-state index in [4.69, 9.17) is 0 Å². The fourth-order valence-corrected chi connectivity index (χ4v) is 4.33. The quantitative estimate of drug-likeness (QED) is 0.764. The van der Waals surface area contributed by atoms with Crippen LogP contribution in [-0.4, -0.2) is 36.1 Å². The number of nitrogens with one attached hydrogen (secondary N) is 1. The zero-order valence-corrected chi connectivity index (χ0v) is 15.6. The number of rotatable bonds is 3. The van der Waals surface area contributed by atoms with E-state index < -0.39 is 0 Å². The van der Waals surface area contributed by atoms with Gasteiger partial charge in [-0.2, -0.15) is 0 Å². The van der Waals surface area contributed by atoms with E-state index >= 15 is 0 Å². The number of aromatic nitrogens is 2. The van der Waals surface area contributed by atoms with Gasteiger partial charge >= 0.3 is 0 Å². The first-order chi connectivity index (χ1) is 12.2. The highest BCUT2D eigenvalue weighted by Crippen LogP contribution is 2.38. The molecule has 0 unspecified atom stereocenters. The molecule has 0 atom stereocenters. The van der Waals surface area contributed by atoms with Crippen molar-refractivity contribution >= 4 is 27.4 Å². The Hall–Kier alpha value is -1.98. The van der Waals surface area contributed by atoms with Crippen LogP contribution in [-0.2, 0) is 0 Å². The Kier molecular flexibility index (Phi) is 4.68. The van der Waals surface area contributed by atoms with E-state index in [-0.39, 0.29) is 0 Å². The van der Waals surface area contributed by atoms with Gasteiger partial charge in [0.2, 0.25) is 0 Å². The third-order valence-corrected chi connectivity index (χ3v) is 5.76. The van der Waals surface area contributed by atoms with Gasteiger partial charge in [0.15, 0.2) is 0 Å². The second-order valence-corrected chi connectivity index (χ2v) is 7.75. The number of nitrogens with zero attached hydrogens (tertiary/aromatic N) is 3. The summed E-state index contributed by atoms with van der Waals surface area (Å²) in [5, 5.41) is 6.90. The lowest BCUT2D eigenvalue weighted by molar-refractivity contribution is 0.724. The van der Waals surface area contributed by atoms with Crippen LogP contribution >= 0.6 is 11.3 Å². The summed E-state index contributed by atoms with van der Waals surface area (Å²) in [5.41, 5.74) is 3.88. The van der Waals surface area contributed by atoms with Crippen LogP contribution in [0.25, 0.3) is 21.3 Å². The molecule has 2 aromatic heterocycles. The van der Waals surface area contributed by atoms with Crippen molar-refractivity contribution in [3.05, 3.63) is 41.5 Å². The number of thiophene rings is 1. The van der Waals surface area contributed by atoms with Gasteiger partial charge in [0, 0.05) is 30.6 Å². The summed E-state index contributed by atoms with van der Waals surface area (Å²) < 4.78 is 0. The maximum absolute atomic E-state index is 4.67. The summed E-state index contributed by atoms with van der Waals surface area (Å²) in [5.74, 6) is 1.63. The highest BCUT2D eigenvalue weighted by Gasteiger charge is 2.18. The van der Waals surface area contributed by atoms with Crippen LogP contribution in [0.5, 0.6) is 0 Å². The number of anilines is 1. The molecule has 130 valence electrons. The van der Waals surface area contributed by atoms with E-state index in [1.165, 1.54) is 22.1 Å². The SMILES string of the molecule is CC(C)c1ccc(-c2csc3ncnc(N4CCCNCC4)c23)cc1. The maximum atomic E-state index is 4.67. The molecule has 1 saturated heterocycles. The molecule has 0 aliphatic carbocycles. The standard InChI is InChI=1S/C20H24N4S/c1-14(2)15-4-6-16(7-5-15)17-12-25-20-18(17)19(22-13-23-20)24-10-3-8-21-9-11-24/h4-7,12-14,21H,3,8-11H2,1-2H3. The Morgan fingerprint density at radius 2 is 1.92 bits per heavy atom. The summed E-state index contributed by atoms with van der Waals surface area (Å²) in [6.07, 6.45) is 2.85. The summed E-state index contributed by atoms with van der Waals surface area (Å²) >= 11 is 1.71. The Labute approximate surface area is 152 Å². The predicted molar refractivity (Wildman–Crippen MR) is 107 cm³/mol. The largest absolute Gasteiger partial charge is 0.355 e. The predicted octanol–water partition coefficient (Wildman–Crippen LogP) is 4.28. The Bertz CT molecular complexity index is 846. The molecule has 4 nitrogen and oxygen atoms in total. The first-order valence-electron chi connectivity index (χ1n) is 9.02. The number of hydrogen-bond donors (Lipinski definition) is 1. The molecule has 1 N–H and O–H groups in total. The fourth-order valence-electron chi connectivity index (χ4n) is 3.42. The van der Waals surface area contributed by atoms with Gasteiger partial charge in [-0.15, -0.1) is 11.3 Å². The van der Waals surface area contributed by atoms with Crippen molar-refractivity contribution < 1.29 is 0 Å². The van der Waals surface area contributed by atoms with E-state index in [2.05, 4.69) is 63.7 Å². The van der Waals surface area contributed by atoms with Crippen molar-refractivity contribution in [2.75, 3.05) is 31.1 Å². The molecule has 0 radical (unpaired) electrons. The first-order valence-corrected chi connectivity index (χ1v) is 9.90. The van der Waals surface area contributed by atoms with Crippen LogP contribution in [0.3, 0.4) is 0 Å². The minimum Gasteiger partial charge on any atom is -0.355 e. The van der Waals surface area contributed by atoms with Gasteiger partial charge in [0.05, 0.1) is 5.39 Å². The minimum absolute atomic E-state index is 0.553. The van der Waals surface area contributed by atoms with Crippen molar-refractivity contribution in [3.63, 3.8) is 0 Å². The van der Waals surface area contributed by atoms with Crippen molar-refractivity contribution in [1.29, 1.82) is 0 Å². The molecule has 3 heterocycles. The zero-order valence-electron chi connectivity index (χ0n) is 14.8. The van der Waals surface area contributed by atoms with Crippen LogP contribution in [0.2, 0.25) is 0 Å². The Morgan fingerprint density at radius 3 is 2.72 bits per heavy atom. The molecule has 1 aliphatic rings. The lowest BCUT2D eigenvalue weighted by atomic mass is 9.99. The van der Waals surface area contributed by atoms with Gasteiger partial charge in [-0.05, 0) is 30.0 Å². The monoisotopic (exact) mass is 352 g/mol. The van der Waals surface area contributed by atoms with Crippen LogP contribution in [0.4, 0.5) is 5.82 Å². The van der Waals surface area contributed by atoms with Gasteiger partial charge in [0.25, 0.3) is 0 Å². The van der Waals surface area contributed by atoms with Crippen LogP contribution in [0, 0.1) is 0 Å². The fraction of sp³-hybridized carbons (Fsp3) is 0.400. The summed E-state index contributed by atoms with van der Waals surface area (Å²) in [7, 11) is 0. The molecule has 3 aromatic rings. The molecule has 0 amide bonds. The van der Waals surface area contributed by atoms with Gasteiger partial charge in [-0.25, -0.2) is 9.97 Å². The van der Waals surface area contributed by atoms with E-state index in [1.54, 1.807) is 17.7 Å². The number of benzene rings is 1. The zero-order chi connectivity index (χ0) is 17.2. The molecule has 0 spiro atoms. The van der Waals surface area contributed by atoms with Crippen molar-refractivity contribution in [1.82, 2.24) is 15.3 Å². The minimum atomic E-state index is 0.553. The third kappa shape index (κ3) is 3.26. The van der Waals surface area contributed by atoms with Gasteiger partial charge in [0.1, 0.15) is 17.0 Å². The van der Waals surface area contributed by atoms with Crippen LogP contribution < -0.4 is 10.2 Å². The van der Waals surface area contributed by atoms with Crippen LogP contribution in [0.15, 0.2) is 36.0 Å². The molecule has 5 heteroatoms. The lowest BCUT2D eigenvalue weighted by Gasteiger charge is -2.22. The lowest BCUT2D eigenvalue weighted by Crippen LogP contribution is -2.28. The highest BCUT2D eigenvalue weighted by molar-refractivity contribution is 7.17. The van der Waals surface area contributed by atoms with Crippen molar-refractivity contribution in [3.8, 4) is 11.1 Å². The molecule has 1 aliphatic heterocycles. The number of fused-ring (bicyclic) bond motifs is 1. The Morgan fingerprint density at radius 1 is 1.08 bits per heavy atom. The van der Waals surface area contributed by atoms with E-state index in [0.717, 1.165) is 43.2 Å². The average Bonchev–Trinajstić information content (AvgIpc) is 2.88. The molecule has 1 aromatic carbocycles. The molecular weight excluding hydrogens is 328 g/mol. The molecule has 25 heavy (non-hydrogen) atoms. The van der Waals surface area contributed by atoms with Crippen LogP contribution in [0.1, 0.15) is 31.7 Å². The van der Waals surface area contributed by atoms with E-state index in [9.17, 15) is 0 Å². The average molecular weight is 353 g/mol. The molecule has 0 bridgehead atoms. The van der Waals surface area contributed by atoms with E-state index in [1.807, 2.05) is 0 Å². The van der Waals surface area contributed by atoms with Gasteiger partial charge in [-0.3, -0.25) is 0 Å². The first kappa shape index (κ1) is 16.5. The normalized spacial score (nSPS) is 15.7. The molecule has 1 fully saturated rings. The number of hydrogen-bond acceptors (Lipinski definition) is 5. The second-order valence-electron chi connectivity index (χ2n) is 6.89. The molecular formula is C20H24N4S. The molecule has 4 rings (SSSR count). The maximum Gasteiger partial charge on any atom is 0.141 e. The summed E-state index contributed by atoms with van der Waals surface area (Å²) in [4.78, 5) is 12.7. The van der Waals surface area contributed by atoms with E-state index in [0.29, 0.717) is 5.92 Å². The summed E-state index contributed by atoms with van der Waals surface area (Å²) in [6, 6.07) is 8.95. The second kappa shape index (κ2) is 7.10. The third-order valence-electron chi connectivity index (χ3n) is 4.88. The smallest absolute Gasteiger partial charge is 0.141 e. The highest BCUT2D eigenvalue weighted by atomic mass is 32.1. The molecule has 0 saturated carbocycles. The Balaban J connectivity index is 1.79. The van der Waals surface area contributed by atoms with Gasteiger partial charge < -0.3 is 10.2 Å². The topological polar surface area (TPSA) is 41.1 Å². The van der Waals surface area contributed by atoms with Gasteiger partial charge in [-0.1, -0.05) is 38.1 Å². The van der Waals surface area contributed by atoms with Crippen molar-refractivity contribution in [2.24, 2.45) is 0 Å². The van der Waals surface area contributed by atoms with Crippen molar-refractivity contribution in [2.45, 2.75) is 26.2 Å².